The van der Waals surface area contributed by atoms with E-state index in [1.807, 2.05) is 0 Å². The van der Waals surface area contributed by atoms with Crippen LogP contribution in [0, 0.1) is 0 Å². The molecule has 0 unspecified atom stereocenters. The summed E-state index contributed by atoms with van der Waals surface area (Å²) in [6, 6.07) is 6.19. The molecule has 4 heteroatoms. The second-order valence-electron chi connectivity index (χ2n) is 3.42. The molecule has 0 radical (unpaired) electrons. The molecule has 0 aromatic heterocycles. The van der Waals surface area contributed by atoms with E-state index in [0.29, 0.717) is 5.56 Å². The van der Waals surface area contributed by atoms with E-state index in [9.17, 15) is 9.59 Å². The van der Waals surface area contributed by atoms with Crippen molar-refractivity contribution in [1.29, 1.82) is 0 Å². The number of hydrogen-bond acceptors (Lipinski definition) is 4. The van der Waals surface area contributed by atoms with E-state index in [1.165, 1.54) is 25.3 Å². The predicted molar refractivity (Wildman–Crippen MR) is 63.4 cm³/mol. The van der Waals surface area contributed by atoms with Crippen LogP contribution in [0.25, 0.3) is 6.08 Å². The Morgan fingerprint density at radius 3 is 2.35 bits per heavy atom. The standard InChI is InChI=1S/C13H14O4/c1-3-12(15)11(13(16)17-2)8-9-4-6-10(14)7-5-9/h4-8,14H,3H2,1-2H3. The van der Waals surface area contributed by atoms with Gasteiger partial charge in [0.25, 0.3) is 0 Å². The zero-order valence-corrected chi connectivity index (χ0v) is 9.77. The second-order valence-corrected chi connectivity index (χ2v) is 3.42. The van der Waals surface area contributed by atoms with Gasteiger partial charge < -0.3 is 9.84 Å². The highest BCUT2D eigenvalue weighted by molar-refractivity contribution is 6.20. The molecule has 0 aliphatic carbocycles. The maximum atomic E-state index is 11.6. The van der Waals surface area contributed by atoms with Gasteiger partial charge in [-0.1, -0.05) is 19.1 Å². The zero-order chi connectivity index (χ0) is 12.8. The second kappa shape index (κ2) is 5.84. The fourth-order valence-corrected chi connectivity index (χ4v) is 1.29. The number of benzene rings is 1. The number of phenolic OH excluding ortho intramolecular Hbond substituents is 1. The van der Waals surface area contributed by atoms with E-state index >= 15 is 0 Å². The van der Waals surface area contributed by atoms with Crippen molar-refractivity contribution in [2.45, 2.75) is 13.3 Å². The quantitative estimate of drug-likeness (QED) is 0.374. The van der Waals surface area contributed by atoms with Gasteiger partial charge in [0, 0.05) is 6.42 Å². The summed E-state index contributed by atoms with van der Waals surface area (Å²) in [6.45, 7) is 1.68. The van der Waals surface area contributed by atoms with Crippen LogP contribution in [-0.4, -0.2) is 24.0 Å². The highest BCUT2D eigenvalue weighted by atomic mass is 16.5. The van der Waals surface area contributed by atoms with Gasteiger partial charge in [-0.3, -0.25) is 4.79 Å². The van der Waals surface area contributed by atoms with Gasteiger partial charge in [-0.15, -0.1) is 0 Å². The topological polar surface area (TPSA) is 63.6 Å². The summed E-state index contributed by atoms with van der Waals surface area (Å²) in [4.78, 5) is 23.0. The number of rotatable bonds is 4. The Kier molecular flexibility index (Phi) is 4.46. The Hall–Kier alpha value is -2.10. The van der Waals surface area contributed by atoms with Gasteiger partial charge in [0.2, 0.25) is 0 Å². The minimum Gasteiger partial charge on any atom is -0.508 e. The maximum Gasteiger partial charge on any atom is 0.341 e. The number of carbonyl (C=O) groups excluding carboxylic acids is 2. The normalized spacial score (nSPS) is 11.1. The molecule has 1 N–H and O–H groups in total. The molecule has 90 valence electrons. The minimum atomic E-state index is -0.648. The summed E-state index contributed by atoms with van der Waals surface area (Å²) in [6.07, 6.45) is 1.69. The third kappa shape index (κ3) is 3.45. The van der Waals surface area contributed by atoms with Crippen molar-refractivity contribution in [3.8, 4) is 5.75 Å². The first-order valence-corrected chi connectivity index (χ1v) is 5.20. The lowest BCUT2D eigenvalue weighted by molar-refractivity contribution is -0.137. The lowest BCUT2D eigenvalue weighted by Gasteiger charge is -2.03. The molecule has 0 aliphatic heterocycles. The summed E-state index contributed by atoms with van der Waals surface area (Å²) < 4.78 is 4.55. The minimum absolute atomic E-state index is 0.0145. The Labute approximate surface area is 99.5 Å². The first-order valence-electron chi connectivity index (χ1n) is 5.20. The average molecular weight is 234 g/mol. The van der Waals surface area contributed by atoms with Crippen LogP contribution in [0.15, 0.2) is 29.8 Å². The van der Waals surface area contributed by atoms with E-state index in [2.05, 4.69) is 4.74 Å². The number of esters is 1. The van der Waals surface area contributed by atoms with Crippen LogP contribution in [0.2, 0.25) is 0 Å². The summed E-state index contributed by atoms with van der Waals surface area (Å²) in [5.41, 5.74) is 0.672. The highest BCUT2D eigenvalue weighted by Crippen LogP contribution is 2.14. The fraction of sp³-hybridized carbons (Fsp3) is 0.231. The molecule has 0 saturated carbocycles. The van der Waals surface area contributed by atoms with Crippen LogP contribution < -0.4 is 0 Å². The van der Waals surface area contributed by atoms with Gasteiger partial charge in [-0.05, 0) is 23.8 Å². The van der Waals surface area contributed by atoms with Gasteiger partial charge >= 0.3 is 5.97 Å². The van der Waals surface area contributed by atoms with Crippen molar-refractivity contribution < 1.29 is 19.4 Å². The molecule has 1 rings (SSSR count). The van der Waals surface area contributed by atoms with Gasteiger partial charge in [-0.25, -0.2) is 4.79 Å². The lowest BCUT2D eigenvalue weighted by atomic mass is 10.1. The fourth-order valence-electron chi connectivity index (χ4n) is 1.29. The Balaban J connectivity index is 3.09. The third-order valence-electron chi connectivity index (χ3n) is 2.23. The van der Waals surface area contributed by atoms with E-state index in [0.717, 1.165) is 0 Å². The van der Waals surface area contributed by atoms with E-state index in [4.69, 9.17) is 5.11 Å². The third-order valence-corrected chi connectivity index (χ3v) is 2.23. The van der Waals surface area contributed by atoms with Crippen LogP contribution in [0.4, 0.5) is 0 Å². The first-order chi connectivity index (χ1) is 8.08. The molecular formula is C13H14O4. The zero-order valence-electron chi connectivity index (χ0n) is 9.77. The number of Topliss-reactive ketones (excluding diaryl/α,β-unsaturated/α-hetero) is 1. The van der Waals surface area contributed by atoms with Crippen molar-refractivity contribution in [3.63, 3.8) is 0 Å². The SMILES string of the molecule is CCC(=O)C(=Cc1ccc(O)cc1)C(=O)OC. The highest BCUT2D eigenvalue weighted by Gasteiger charge is 2.16. The van der Waals surface area contributed by atoms with Gasteiger partial charge in [0.05, 0.1) is 7.11 Å². The number of carbonyl (C=O) groups is 2. The molecule has 4 nitrogen and oxygen atoms in total. The van der Waals surface area contributed by atoms with Crippen LogP contribution in [0.1, 0.15) is 18.9 Å². The number of ether oxygens (including phenoxy) is 1. The number of ketones is 1. The first kappa shape index (κ1) is 13.0. The summed E-state index contributed by atoms with van der Waals surface area (Å²) >= 11 is 0. The van der Waals surface area contributed by atoms with E-state index < -0.39 is 5.97 Å². The summed E-state index contributed by atoms with van der Waals surface area (Å²) in [7, 11) is 1.23. The van der Waals surface area contributed by atoms with Crippen LogP contribution in [0.3, 0.4) is 0 Å². The molecule has 0 spiro atoms. The molecule has 0 aliphatic rings. The Morgan fingerprint density at radius 1 is 1.29 bits per heavy atom. The van der Waals surface area contributed by atoms with Crippen LogP contribution >= 0.6 is 0 Å². The maximum absolute atomic E-state index is 11.6. The van der Waals surface area contributed by atoms with E-state index in [-0.39, 0.29) is 23.5 Å². The smallest absolute Gasteiger partial charge is 0.341 e. The monoisotopic (exact) mass is 234 g/mol. The van der Waals surface area contributed by atoms with Crippen molar-refractivity contribution in [2.24, 2.45) is 0 Å². The average Bonchev–Trinajstić information content (AvgIpc) is 2.36. The van der Waals surface area contributed by atoms with E-state index in [1.54, 1.807) is 19.1 Å². The van der Waals surface area contributed by atoms with Gasteiger partial charge in [0.15, 0.2) is 5.78 Å². The van der Waals surface area contributed by atoms with Crippen LogP contribution in [0.5, 0.6) is 5.75 Å². The molecule has 0 bridgehead atoms. The molecule has 0 fully saturated rings. The van der Waals surface area contributed by atoms with Crippen molar-refractivity contribution >= 4 is 17.8 Å². The van der Waals surface area contributed by atoms with Crippen molar-refractivity contribution in [3.05, 3.63) is 35.4 Å². The molecule has 17 heavy (non-hydrogen) atoms. The predicted octanol–water partition coefficient (Wildman–Crippen LogP) is 1.93. The Bertz CT molecular complexity index is 425. The molecule has 1 aromatic rings. The number of aromatic hydroxyl groups is 1. The van der Waals surface area contributed by atoms with Gasteiger partial charge in [0.1, 0.15) is 11.3 Å². The number of methoxy groups -OCH3 is 1. The lowest BCUT2D eigenvalue weighted by Crippen LogP contribution is -2.13. The summed E-state index contributed by atoms with van der Waals surface area (Å²) in [5, 5.41) is 9.12. The Morgan fingerprint density at radius 2 is 1.88 bits per heavy atom. The van der Waals surface area contributed by atoms with Crippen molar-refractivity contribution in [2.75, 3.05) is 7.11 Å². The van der Waals surface area contributed by atoms with Crippen LogP contribution in [-0.2, 0) is 14.3 Å². The molecule has 0 atom stereocenters. The number of phenols is 1. The molecule has 0 heterocycles. The summed E-state index contributed by atoms with van der Waals surface area (Å²) in [5.74, 6) is -0.793. The molecular weight excluding hydrogens is 220 g/mol. The number of hydrogen-bond donors (Lipinski definition) is 1. The largest absolute Gasteiger partial charge is 0.508 e. The van der Waals surface area contributed by atoms with Crippen molar-refractivity contribution in [1.82, 2.24) is 0 Å². The van der Waals surface area contributed by atoms with Gasteiger partial charge in [-0.2, -0.15) is 0 Å². The molecule has 1 aromatic carbocycles. The molecule has 0 saturated heterocycles. The molecule has 0 amide bonds.